The lowest BCUT2D eigenvalue weighted by atomic mass is 9.85. The number of aromatic nitrogens is 2. The molecule has 0 radical (unpaired) electrons. The normalized spacial score (nSPS) is 25.3. The van der Waals surface area contributed by atoms with Crippen molar-refractivity contribution in [2.75, 3.05) is 20.3 Å². The minimum atomic E-state index is -1.05. The zero-order valence-corrected chi connectivity index (χ0v) is 14.3. The van der Waals surface area contributed by atoms with Crippen molar-refractivity contribution < 1.29 is 19.3 Å². The summed E-state index contributed by atoms with van der Waals surface area (Å²) in [6, 6.07) is 1.81. The third-order valence-corrected chi connectivity index (χ3v) is 3.86. The van der Waals surface area contributed by atoms with Crippen LogP contribution in [0.5, 0.6) is 0 Å². The first-order chi connectivity index (χ1) is 10.9. The van der Waals surface area contributed by atoms with E-state index in [0.717, 1.165) is 5.69 Å². The molecule has 1 aromatic rings. The van der Waals surface area contributed by atoms with Gasteiger partial charge in [0.25, 0.3) is 0 Å². The standard InChI is InChI=1S/C16H25N3O4/c1-6-22-14-9-16(3,23-7-2)11(10-17-14)13-8-12(15(20)21-5)18-19(13)4/h8-11,15,20H,6-7H2,1-5H3. The summed E-state index contributed by atoms with van der Waals surface area (Å²) in [7, 11) is 3.26. The van der Waals surface area contributed by atoms with E-state index in [9.17, 15) is 5.11 Å². The van der Waals surface area contributed by atoms with Crippen molar-refractivity contribution in [2.45, 2.75) is 38.6 Å². The van der Waals surface area contributed by atoms with Crippen molar-refractivity contribution in [3.63, 3.8) is 0 Å². The molecule has 128 valence electrons. The number of aryl methyl sites for hydroxylation is 1. The van der Waals surface area contributed by atoms with Crippen molar-refractivity contribution >= 4 is 6.21 Å². The van der Waals surface area contributed by atoms with Crippen LogP contribution < -0.4 is 0 Å². The number of ether oxygens (including phenoxy) is 3. The number of hydrogen-bond acceptors (Lipinski definition) is 6. The van der Waals surface area contributed by atoms with Gasteiger partial charge >= 0.3 is 0 Å². The highest BCUT2D eigenvalue weighted by atomic mass is 16.6. The van der Waals surface area contributed by atoms with Crippen LogP contribution in [0.15, 0.2) is 23.0 Å². The number of nitrogens with zero attached hydrogens (tertiary/aromatic N) is 3. The molecule has 2 heterocycles. The monoisotopic (exact) mass is 323 g/mol. The molecule has 7 heteroatoms. The van der Waals surface area contributed by atoms with Gasteiger partial charge in [0.2, 0.25) is 5.88 Å². The second kappa shape index (κ2) is 7.25. The number of hydrogen-bond donors (Lipinski definition) is 1. The molecule has 0 fully saturated rings. The van der Waals surface area contributed by atoms with Crippen molar-refractivity contribution in [3.05, 3.63) is 29.4 Å². The summed E-state index contributed by atoms with van der Waals surface area (Å²) in [6.07, 6.45) is 2.65. The molecular weight excluding hydrogens is 298 g/mol. The minimum Gasteiger partial charge on any atom is -0.478 e. The van der Waals surface area contributed by atoms with Crippen molar-refractivity contribution in [1.29, 1.82) is 0 Å². The molecule has 0 aliphatic carbocycles. The van der Waals surface area contributed by atoms with E-state index in [1.807, 2.05) is 40.0 Å². The van der Waals surface area contributed by atoms with Gasteiger partial charge in [-0.05, 0) is 26.8 Å². The number of aliphatic hydroxyl groups excluding tert-OH is 1. The fourth-order valence-corrected chi connectivity index (χ4v) is 2.74. The van der Waals surface area contributed by atoms with Crippen molar-refractivity contribution in [2.24, 2.45) is 12.0 Å². The summed E-state index contributed by atoms with van der Waals surface area (Å²) >= 11 is 0. The molecule has 3 atom stereocenters. The molecule has 1 aliphatic rings. The van der Waals surface area contributed by atoms with Crippen molar-refractivity contribution in [3.8, 4) is 0 Å². The van der Waals surface area contributed by atoms with Crippen LogP contribution in [0, 0.1) is 0 Å². The highest BCUT2D eigenvalue weighted by Crippen LogP contribution is 2.36. The van der Waals surface area contributed by atoms with Crippen LogP contribution in [0.3, 0.4) is 0 Å². The third-order valence-electron chi connectivity index (χ3n) is 3.86. The van der Waals surface area contributed by atoms with E-state index < -0.39 is 11.9 Å². The van der Waals surface area contributed by atoms with Gasteiger partial charge in [-0.1, -0.05) is 0 Å². The predicted octanol–water partition coefficient (Wildman–Crippen LogP) is 1.90. The molecule has 2 rings (SSSR count). The Morgan fingerprint density at radius 2 is 2.13 bits per heavy atom. The Balaban J connectivity index is 2.38. The highest BCUT2D eigenvalue weighted by molar-refractivity contribution is 5.72. The van der Waals surface area contributed by atoms with Gasteiger partial charge in [-0.15, -0.1) is 0 Å². The lowest BCUT2D eigenvalue weighted by Crippen LogP contribution is -2.38. The third kappa shape index (κ3) is 3.63. The van der Waals surface area contributed by atoms with E-state index in [1.165, 1.54) is 7.11 Å². The molecule has 0 saturated carbocycles. The maximum atomic E-state index is 9.82. The first kappa shape index (κ1) is 17.7. The molecule has 1 N–H and O–H groups in total. The predicted molar refractivity (Wildman–Crippen MR) is 86.1 cm³/mol. The van der Waals surface area contributed by atoms with Gasteiger partial charge in [-0.25, -0.2) is 4.99 Å². The zero-order valence-electron chi connectivity index (χ0n) is 14.3. The summed E-state index contributed by atoms with van der Waals surface area (Å²) in [4.78, 5) is 4.37. The smallest absolute Gasteiger partial charge is 0.211 e. The fraction of sp³-hybridized carbons (Fsp3) is 0.625. The topological polar surface area (TPSA) is 78.1 Å². The molecular formula is C16H25N3O4. The first-order valence-electron chi connectivity index (χ1n) is 7.73. The molecule has 0 aromatic carbocycles. The second-order valence-corrected chi connectivity index (χ2v) is 5.49. The Morgan fingerprint density at radius 1 is 1.39 bits per heavy atom. The SMILES string of the molecule is CCOC1=CC(C)(OCC)C(c2cc(C(O)OC)nn2C)C=N1. The minimum absolute atomic E-state index is 0.151. The summed E-state index contributed by atoms with van der Waals surface area (Å²) in [5.41, 5.74) is 0.726. The second-order valence-electron chi connectivity index (χ2n) is 5.49. The van der Waals surface area contributed by atoms with Crippen LogP contribution in [-0.2, 0) is 21.3 Å². The number of aliphatic imine (C=N–C) groups is 1. The van der Waals surface area contributed by atoms with Gasteiger partial charge in [0.1, 0.15) is 11.3 Å². The van der Waals surface area contributed by atoms with Crippen LogP contribution in [0.2, 0.25) is 0 Å². The lowest BCUT2D eigenvalue weighted by Gasteiger charge is -2.35. The highest BCUT2D eigenvalue weighted by Gasteiger charge is 2.39. The Morgan fingerprint density at radius 3 is 2.74 bits per heavy atom. The van der Waals surface area contributed by atoms with Gasteiger partial charge in [-0.3, -0.25) is 4.68 Å². The molecule has 23 heavy (non-hydrogen) atoms. The Labute approximate surface area is 136 Å². The molecule has 1 aromatic heterocycles. The average Bonchev–Trinajstić information content (AvgIpc) is 2.88. The van der Waals surface area contributed by atoms with Crippen LogP contribution in [0.1, 0.15) is 44.4 Å². The number of methoxy groups -OCH3 is 1. The van der Waals surface area contributed by atoms with Crippen molar-refractivity contribution in [1.82, 2.24) is 9.78 Å². The van der Waals surface area contributed by atoms with Crippen LogP contribution in [0.25, 0.3) is 0 Å². The molecule has 0 amide bonds. The quantitative estimate of drug-likeness (QED) is 0.775. The molecule has 0 spiro atoms. The van der Waals surface area contributed by atoms with Crippen LogP contribution >= 0.6 is 0 Å². The maximum absolute atomic E-state index is 9.82. The molecule has 1 aliphatic heterocycles. The lowest BCUT2D eigenvalue weighted by molar-refractivity contribution is -0.0801. The van der Waals surface area contributed by atoms with E-state index in [-0.39, 0.29) is 5.92 Å². The molecule has 0 saturated heterocycles. The fourth-order valence-electron chi connectivity index (χ4n) is 2.74. The molecule has 3 unspecified atom stereocenters. The average molecular weight is 323 g/mol. The van der Waals surface area contributed by atoms with E-state index in [4.69, 9.17) is 14.2 Å². The molecule has 0 bridgehead atoms. The summed E-state index contributed by atoms with van der Waals surface area (Å²) < 4.78 is 18.1. The van der Waals surface area contributed by atoms with E-state index in [0.29, 0.717) is 24.8 Å². The van der Waals surface area contributed by atoms with Crippen LogP contribution in [-0.4, -0.2) is 47.0 Å². The van der Waals surface area contributed by atoms with E-state index in [1.54, 1.807) is 10.9 Å². The Hall–Kier alpha value is -1.70. The first-order valence-corrected chi connectivity index (χ1v) is 7.73. The summed E-state index contributed by atoms with van der Waals surface area (Å²) in [6.45, 7) is 6.96. The van der Waals surface area contributed by atoms with Gasteiger partial charge in [0, 0.05) is 33.1 Å². The summed E-state index contributed by atoms with van der Waals surface area (Å²) in [5.74, 6) is 0.404. The Bertz CT molecular complexity index is 596. The number of rotatable bonds is 7. The van der Waals surface area contributed by atoms with Gasteiger partial charge < -0.3 is 19.3 Å². The zero-order chi connectivity index (χ0) is 17.0. The summed E-state index contributed by atoms with van der Waals surface area (Å²) in [5, 5.41) is 14.1. The largest absolute Gasteiger partial charge is 0.478 e. The van der Waals surface area contributed by atoms with Gasteiger partial charge in [0.05, 0.1) is 18.2 Å². The van der Waals surface area contributed by atoms with E-state index >= 15 is 0 Å². The molecule has 7 nitrogen and oxygen atoms in total. The number of aliphatic hydroxyl groups is 1. The Kier molecular flexibility index (Phi) is 5.56. The van der Waals surface area contributed by atoms with Crippen LogP contribution in [0.4, 0.5) is 0 Å². The maximum Gasteiger partial charge on any atom is 0.211 e. The van der Waals surface area contributed by atoms with E-state index in [2.05, 4.69) is 10.1 Å². The van der Waals surface area contributed by atoms with Gasteiger partial charge in [-0.2, -0.15) is 5.10 Å². The van der Waals surface area contributed by atoms with Gasteiger partial charge in [0.15, 0.2) is 6.29 Å².